The predicted octanol–water partition coefficient (Wildman–Crippen LogP) is 3.13. The summed E-state index contributed by atoms with van der Waals surface area (Å²) >= 11 is 0. The summed E-state index contributed by atoms with van der Waals surface area (Å²) in [4.78, 5) is 22.9. The molecule has 7 nitrogen and oxygen atoms in total. The fourth-order valence-electron chi connectivity index (χ4n) is 1.87. The van der Waals surface area contributed by atoms with Crippen molar-refractivity contribution < 1.29 is 19.2 Å². The Hall–Kier alpha value is -2.88. The zero-order valence-electron chi connectivity index (χ0n) is 13.7. The number of nitro groups is 1. The van der Waals surface area contributed by atoms with Gasteiger partial charge in [0.1, 0.15) is 6.07 Å². The maximum absolute atomic E-state index is 12.2. The lowest BCUT2D eigenvalue weighted by molar-refractivity contribution is -0.385. The van der Waals surface area contributed by atoms with Gasteiger partial charge in [-0.05, 0) is 12.1 Å². The van der Waals surface area contributed by atoms with Crippen molar-refractivity contribution in [2.24, 2.45) is 5.41 Å². The Morgan fingerprint density at radius 3 is 2.17 bits per heavy atom. The number of Topliss-reactive ketones (excluding diaryl/α,β-unsaturated/α-hetero) is 1. The van der Waals surface area contributed by atoms with E-state index in [0.29, 0.717) is 0 Å². The topological polar surface area (TPSA) is 102 Å². The number of nitrogens with zero attached hydrogens (tertiary/aromatic N) is 2. The van der Waals surface area contributed by atoms with Crippen LogP contribution in [0, 0.1) is 26.9 Å². The van der Waals surface area contributed by atoms with Crippen molar-refractivity contribution in [3.05, 3.63) is 33.4 Å². The molecular weight excluding hydrogens is 300 g/mol. The molecule has 122 valence electrons. The quantitative estimate of drug-likeness (QED) is 0.357. The lowest BCUT2D eigenvalue weighted by atomic mass is 9.86. The van der Waals surface area contributed by atoms with Gasteiger partial charge < -0.3 is 9.47 Å². The third-order valence-electron chi connectivity index (χ3n) is 3.08. The van der Waals surface area contributed by atoms with Crippen LogP contribution in [-0.2, 0) is 4.79 Å². The zero-order chi connectivity index (χ0) is 17.8. The van der Waals surface area contributed by atoms with Crippen LogP contribution < -0.4 is 9.47 Å². The molecule has 0 aromatic heterocycles. The average Bonchev–Trinajstić information content (AvgIpc) is 2.49. The van der Waals surface area contributed by atoms with E-state index < -0.39 is 16.1 Å². The Morgan fingerprint density at radius 1 is 1.26 bits per heavy atom. The summed E-state index contributed by atoms with van der Waals surface area (Å²) in [6, 6.07) is 4.37. The molecule has 0 heterocycles. The molecule has 0 unspecified atom stereocenters. The van der Waals surface area contributed by atoms with Gasteiger partial charge in [-0.2, -0.15) is 5.26 Å². The molecule has 0 aliphatic heterocycles. The van der Waals surface area contributed by atoms with Gasteiger partial charge in [-0.3, -0.25) is 14.9 Å². The second kappa shape index (κ2) is 6.92. The summed E-state index contributed by atoms with van der Waals surface area (Å²) in [5.41, 5.74) is -1.11. The maximum atomic E-state index is 12.2. The number of allylic oxidation sites excluding steroid dienone is 1. The second-order valence-corrected chi connectivity index (χ2v) is 5.77. The van der Waals surface area contributed by atoms with Gasteiger partial charge in [0.15, 0.2) is 17.3 Å². The number of nitro benzene ring substituents is 1. The number of rotatable bonds is 5. The van der Waals surface area contributed by atoms with Crippen molar-refractivity contribution >= 4 is 17.5 Å². The Labute approximate surface area is 134 Å². The summed E-state index contributed by atoms with van der Waals surface area (Å²) < 4.78 is 10.1. The summed E-state index contributed by atoms with van der Waals surface area (Å²) in [6.45, 7) is 5.01. The van der Waals surface area contributed by atoms with Crippen LogP contribution in [0.4, 0.5) is 5.69 Å². The van der Waals surface area contributed by atoms with E-state index in [0.717, 1.165) is 0 Å². The predicted molar refractivity (Wildman–Crippen MR) is 84.3 cm³/mol. The number of ether oxygens (including phenoxy) is 2. The zero-order valence-corrected chi connectivity index (χ0v) is 13.7. The number of carbonyl (C=O) groups excluding carboxylic acids is 1. The molecule has 0 amide bonds. The van der Waals surface area contributed by atoms with Crippen molar-refractivity contribution in [1.29, 1.82) is 5.26 Å². The van der Waals surface area contributed by atoms with Gasteiger partial charge in [0.2, 0.25) is 0 Å². The average molecular weight is 318 g/mol. The van der Waals surface area contributed by atoms with Crippen molar-refractivity contribution in [2.45, 2.75) is 20.8 Å². The second-order valence-electron chi connectivity index (χ2n) is 5.77. The van der Waals surface area contributed by atoms with E-state index in [1.165, 1.54) is 32.4 Å². The van der Waals surface area contributed by atoms with Crippen molar-refractivity contribution in [2.75, 3.05) is 14.2 Å². The van der Waals surface area contributed by atoms with E-state index in [1.54, 1.807) is 26.8 Å². The molecule has 0 fully saturated rings. The minimum Gasteiger partial charge on any atom is -0.493 e. The van der Waals surface area contributed by atoms with Gasteiger partial charge in [-0.25, -0.2) is 0 Å². The van der Waals surface area contributed by atoms with E-state index in [1.807, 2.05) is 0 Å². The van der Waals surface area contributed by atoms with Crippen molar-refractivity contribution in [3.8, 4) is 17.6 Å². The lowest BCUT2D eigenvalue weighted by Crippen LogP contribution is -2.21. The molecule has 7 heteroatoms. The fourth-order valence-corrected chi connectivity index (χ4v) is 1.87. The standard InChI is InChI=1S/C16H18N2O5/c1-16(2,3)15(19)11(9-17)6-10-7-13(22-4)14(23-5)8-12(10)18(20)21/h6-8H,1-5H3/b11-6+. The Morgan fingerprint density at radius 2 is 1.78 bits per heavy atom. The van der Waals surface area contributed by atoms with Crippen molar-refractivity contribution in [1.82, 2.24) is 0 Å². The Bertz CT molecular complexity index is 708. The Kier molecular flexibility index (Phi) is 5.47. The van der Waals surface area contributed by atoms with Gasteiger partial charge in [-0.15, -0.1) is 0 Å². The summed E-state index contributed by atoms with van der Waals surface area (Å²) in [6.07, 6.45) is 1.20. The van der Waals surface area contributed by atoms with Crippen LogP contribution in [-0.4, -0.2) is 24.9 Å². The third-order valence-corrected chi connectivity index (χ3v) is 3.08. The summed E-state index contributed by atoms with van der Waals surface area (Å²) in [5.74, 6) is 0.0611. The van der Waals surface area contributed by atoms with Gasteiger partial charge in [-0.1, -0.05) is 20.8 Å². The highest BCUT2D eigenvalue weighted by Gasteiger charge is 2.26. The molecule has 1 aromatic rings. The molecule has 1 aromatic carbocycles. The molecule has 1 rings (SSSR count). The molecule has 0 bridgehead atoms. The van der Waals surface area contributed by atoms with Crippen LogP contribution >= 0.6 is 0 Å². The van der Waals surface area contributed by atoms with E-state index in [9.17, 15) is 20.2 Å². The summed E-state index contributed by atoms with van der Waals surface area (Å²) in [7, 11) is 2.75. The minimum absolute atomic E-state index is 0.0989. The highest BCUT2D eigenvalue weighted by atomic mass is 16.6. The first-order chi connectivity index (χ1) is 10.6. The highest BCUT2D eigenvalue weighted by Crippen LogP contribution is 2.36. The van der Waals surface area contributed by atoms with Crippen LogP contribution in [0.3, 0.4) is 0 Å². The van der Waals surface area contributed by atoms with Crippen LogP contribution in [0.25, 0.3) is 6.08 Å². The normalized spacial score (nSPS) is 11.6. The molecular formula is C16H18N2O5. The Balaban J connectivity index is 3.57. The van der Waals surface area contributed by atoms with Crippen LogP contribution in [0.2, 0.25) is 0 Å². The third kappa shape index (κ3) is 4.07. The SMILES string of the molecule is COc1cc(/C=C(\C#N)C(=O)C(C)(C)C)c([N+](=O)[O-])cc1OC. The molecule has 0 aliphatic carbocycles. The van der Waals surface area contributed by atoms with Crippen molar-refractivity contribution in [3.63, 3.8) is 0 Å². The lowest BCUT2D eigenvalue weighted by Gasteiger charge is -2.15. The van der Waals surface area contributed by atoms with Gasteiger partial charge >= 0.3 is 0 Å². The number of ketones is 1. The molecule has 23 heavy (non-hydrogen) atoms. The molecule has 0 aliphatic rings. The van der Waals surface area contributed by atoms with Gasteiger partial charge in [0, 0.05) is 5.41 Å². The van der Waals surface area contributed by atoms with Gasteiger partial charge in [0.25, 0.3) is 5.69 Å². The van der Waals surface area contributed by atoms with E-state index in [2.05, 4.69) is 0 Å². The number of methoxy groups -OCH3 is 2. The minimum atomic E-state index is -0.771. The molecule has 0 N–H and O–H groups in total. The van der Waals surface area contributed by atoms with Gasteiger partial charge in [0.05, 0.1) is 36.3 Å². The van der Waals surface area contributed by atoms with E-state index in [-0.39, 0.29) is 28.3 Å². The number of nitriles is 1. The first-order valence-electron chi connectivity index (χ1n) is 6.72. The smallest absolute Gasteiger partial charge is 0.280 e. The molecule has 0 saturated heterocycles. The monoisotopic (exact) mass is 318 g/mol. The number of hydrogen-bond donors (Lipinski definition) is 0. The summed E-state index contributed by atoms with van der Waals surface area (Å²) in [5, 5.41) is 20.5. The first kappa shape index (κ1) is 18.2. The van der Waals surface area contributed by atoms with E-state index in [4.69, 9.17) is 9.47 Å². The fraction of sp³-hybridized carbons (Fsp3) is 0.375. The molecule has 0 radical (unpaired) electrons. The number of hydrogen-bond acceptors (Lipinski definition) is 6. The first-order valence-corrected chi connectivity index (χ1v) is 6.72. The maximum Gasteiger partial charge on any atom is 0.280 e. The largest absolute Gasteiger partial charge is 0.493 e. The number of benzene rings is 1. The van der Waals surface area contributed by atoms with Crippen LogP contribution in [0.15, 0.2) is 17.7 Å². The number of carbonyl (C=O) groups is 1. The van der Waals surface area contributed by atoms with E-state index >= 15 is 0 Å². The van der Waals surface area contributed by atoms with Crippen LogP contribution in [0.1, 0.15) is 26.3 Å². The molecule has 0 spiro atoms. The highest BCUT2D eigenvalue weighted by molar-refractivity contribution is 6.06. The molecule has 0 atom stereocenters. The van der Waals surface area contributed by atoms with Crippen LogP contribution in [0.5, 0.6) is 11.5 Å². The molecule has 0 saturated carbocycles.